The van der Waals surface area contributed by atoms with Crippen LogP contribution in [0.2, 0.25) is 0 Å². The molecule has 0 bridgehead atoms. The van der Waals surface area contributed by atoms with Gasteiger partial charge in [0, 0.05) is 0 Å². The molecule has 0 radical (unpaired) electrons. The lowest BCUT2D eigenvalue weighted by Gasteiger charge is -2.13. The van der Waals surface area contributed by atoms with Crippen LogP contribution in [-0.4, -0.2) is 25.3 Å². The summed E-state index contributed by atoms with van der Waals surface area (Å²) in [4.78, 5) is 11.4. The molecule has 0 aliphatic carbocycles. The van der Waals surface area contributed by atoms with Crippen molar-refractivity contribution < 1.29 is 18.7 Å². The van der Waals surface area contributed by atoms with Gasteiger partial charge in [-0.2, -0.15) is 0 Å². The molecular weight excluding hydrogens is 247 g/mol. The highest BCUT2D eigenvalue weighted by Gasteiger charge is 2.21. The second-order valence-electron chi connectivity index (χ2n) is 2.98. The predicted octanol–water partition coefficient (Wildman–Crippen LogP) is 1.28. The third-order valence-electron chi connectivity index (χ3n) is 1.96. The Kier molecular flexibility index (Phi) is 4.22. The second kappa shape index (κ2) is 5.44. The van der Waals surface area contributed by atoms with Gasteiger partial charge in [-0.15, -0.1) is 0 Å². The Morgan fingerprint density at radius 3 is 2.59 bits per heavy atom. The Balaban J connectivity index is 3.35. The van der Waals surface area contributed by atoms with Gasteiger partial charge in [0.15, 0.2) is 10.9 Å². The van der Waals surface area contributed by atoms with Crippen LogP contribution in [0.3, 0.4) is 0 Å². The summed E-state index contributed by atoms with van der Waals surface area (Å²) in [5.41, 5.74) is 5.28. The van der Waals surface area contributed by atoms with E-state index in [9.17, 15) is 9.18 Å². The Hall–Kier alpha value is -1.89. The van der Waals surface area contributed by atoms with Crippen LogP contribution >= 0.6 is 12.2 Å². The van der Waals surface area contributed by atoms with Crippen LogP contribution in [0.1, 0.15) is 10.4 Å². The van der Waals surface area contributed by atoms with E-state index in [1.807, 2.05) is 0 Å². The molecule has 0 heterocycles. The molecule has 0 saturated heterocycles. The Morgan fingerprint density at radius 1 is 1.47 bits per heavy atom. The first-order valence-corrected chi connectivity index (χ1v) is 4.93. The molecule has 0 spiro atoms. The van der Waals surface area contributed by atoms with E-state index in [1.165, 1.54) is 13.2 Å². The topological polar surface area (TPSA) is 73.6 Å². The van der Waals surface area contributed by atoms with Crippen molar-refractivity contribution in [3.63, 3.8) is 0 Å². The van der Waals surface area contributed by atoms with Crippen LogP contribution < -0.4 is 15.8 Å². The van der Waals surface area contributed by atoms with Gasteiger partial charge in [-0.05, 0) is 24.4 Å². The van der Waals surface area contributed by atoms with Gasteiger partial charge in [0.05, 0.1) is 19.9 Å². The monoisotopic (exact) mass is 258 g/mol. The van der Waals surface area contributed by atoms with Gasteiger partial charge in [0.1, 0.15) is 11.4 Å². The summed E-state index contributed by atoms with van der Waals surface area (Å²) in [6, 6.07) is 2.45. The van der Waals surface area contributed by atoms with Crippen molar-refractivity contribution >= 4 is 29.0 Å². The lowest BCUT2D eigenvalue weighted by molar-refractivity contribution is 0.0591. The molecule has 0 aromatic heterocycles. The number of rotatable bonds is 3. The van der Waals surface area contributed by atoms with E-state index >= 15 is 0 Å². The minimum absolute atomic E-state index is 0.00958. The summed E-state index contributed by atoms with van der Waals surface area (Å²) < 4.78 is 23.0. The largest absolute Gasteiger partial charge is 0.494 e. The molecule has 1 aromatic rings. The van der Waals surface area contributed by atoms with Crippen LogP contribution in [0.25, 0.3) is 0 Å². The molecule has 1 rings (SSSR count). The lowest BCUT2D eigenvalue weighted by Crippen LogP contribution is -2.20. The lowest BCUT2D eigenvalue weighted by atomic mass is 10.1. The van der Waals surface area contributed by atoms with Gasteiger partial charge in [0.25, 0.3) is 0 Å². The minimum Gasteiger partial charge on any atom is -0.494 e. The zero-order valence-electron chi connectivity index (χ0n) is 9.24. The number of halogens is 1. The standard InChI is InChI=1S/C10H11FN2O3S/c1-15-8-6(13-10(12)17)4-3-5(11)7(8)9(14)16-2/h3-4H,1-2H3,(H3,12,13,17). The van der Waals surface area contributed by atoms with E-state index in [1.54, 1.807) is 0 Å². The molecule has 0 saturated carbocycles. The summed E-state index contributed by atoms with van der Waals surface area (Å²) in [5.74, 6) is -1.60. The van der Waals surface area contributed by atoms with Gasteiger partial charge in [-0.25, -0.2) is 9.18 Å². The smallest absolute Gasteiger partial charge is 0.344 e. The fraction of sp³-hybridized carbons (Fsp3) is 0.200. The van der Waals surface area contributed by atoms with Crippen molar-refractivity contribution in [1.82, 2.24) is 0 Å². The first-order valence-electron chi connectivity index (χ1n) is 4.52. The summed E-state index contributed by atoms with van der Waals surface area (Å²) in [7, 11) is 2.45. The third-order valence-corrected chi connectivity index (χ3v) is 2.06. The van der Waals surface area contributed by atoms with Crippen LogP contribution in [0.15, 0.2) is 12.1 Å². The molecule has 3 N–H and O–H groups in total. The number of nitrogens with one attached hydrogen (secondary N) is 1. The number of benzene rings is 1. The molecule has 5 nitrogen and oxygen atoms in total. The Morgan fingerprint density at radius 2 is 2.12 bits per heavy atom. The first-order chi connectivity index (χ1) is 8.01. The molecule has 0 unspecified atom stereocenters. The van der Waals surface area contributed by atoms with Crippen molar-refractivity contribution in [2.45, 2.75) is 0 Å². The number of esters is 1. The van der Waals surface area contributed by atoms with Crippen LogP contribution in [-0.2, 0) is 4.74 Å². The summed E-state index contributed by atoms with van der Waals surface area (Å²) in [6.45, 7) is 0. The molecule has 0 fully saturated rings. The maximum absolute atomic E-state index is 13.5. The fourth-order valence-corrected chi connectivity index (χ4v) is 1.40. The quantitative estimate of drug-likeness (QED) is 0.628. The SMILES string of the molecule is COC(=O)c1c(F)ccc(NC(N)=S)c1OC. The average molecular weight is 258 g/mol. The highest BCUT2D eigenvalue weighted by Crippen LogP contribution is 2.31. The number of hydrogen-bond acceptors (Lipinski definition) is 4. The van der Waals surface area contributed by atoms with Crippen molar-refractivity contribution in [2.24, 2.45) is 5.73 Å². The van der Waals surface area contributed by atoms with E-state index in [-0.39, 0.29) is 16.4 Å². The van der Waals surface area contributed by atoms with Gasteiger partial charge >= 0.3 is 5.97 Å². The van der Waals surface area contributed by atoms with Crippen LogP contribution in [0, 0.1) is 5.82 Å². The van der Waals surface area contributed by atoms with Crippen molar-refractivity contribution in [2.75, 3.05) is 19.5 Å². The molecule has 0 atom stereocenters. The molecule has 17 heavy (non-hydrogen) atoms. The molecule has 0 aliphatic heterocycles. The normalized spacial score (nSPS) is 9.59. The third kappa shape index (κ3) is 2.82. The van der Waals surface area contributed by atoms with Gasteiger partial charge < -0.3 is 20.5 Å². The zero-order chi connectivity index (χ0) is 13.0. The molecule has 7 heteroatoms. The van der Waals surface area contributed by atoms with E-state index in [2.05, 4.69) is 22.3 Å². The molecule has 0 aliphatic rings. The molecule has 0 amide bonds. The predicted molar refractivity (Wildman–Crippen MR) is 64.7 cm³/mol. The Labute approximate surface area is 103 Å². The van der Waals surface area contributed by atoms with E-state index in [4.69, 9.17) is 10.5 Å². The summed E-state index contributed by atoms with van der Waals surface area (Å²) in [6.07, 6.45) is 0. The van der Waals surface area contributed by atoms with Gasteiger partial charge in [-0.3, -0.25) is 0 Å². The number of thiocarbonyl (C=S) groups is 1. The highest BCUT2D eigenvalue weighted by atomic mass is 32.1. The number of carbonyl (C=O) groups excluding carboxylic acids is 1. The number of hydrogen-bond donors (Lipinski definition) is 2. The second-order valence-corrected chi connectivity index (χ2v) is 3.42. The van der Waals surface area contributed by atoms with Crippen LogP contribution in [0.4, 0.5) is 10.1 Å². The maximum Gasteiger partial charge on any atom is 0.344 e. The van der Waals surface area contributed by atoms with Crippen molar-refractivity contribution in [3.8, 4) is 5.75 Å². The number of methoxy groups -OCH3 is 2. The van der Waals surface area contributed by atoms with E-state index < -0.39 is 11.8 Å². The maximum atomic E-state index is 13.5. The molecule has 92 valence electrons. The number of carbonyl (C=O) groups is 1. The number of anilines is 1. The van der Waals surface area contributed by atoms with E-state index in [0.29, 0.717) is 5.69 Å². The van der Waals surface area contributed by atoms with Crippen molar-refractivity contribution in [1.29, 1.82) is 0 Å². The zero-order valence-corrected chi connectivity index (χ0v) is 10.1. The van der Waals surface area contributed by atoms with E-state index in [0.717, 1.165) is 13.2 Å². The minimum atomic E-state index is -0.842. The van der Waals surface area contributed by atoms with Crippen LogP contribution in [0.5, 0.6) is 5.75 Å². The Bertz CT molecular complexity index is 465. The van der Waals surface area contributed by atoms with Gasteiger partial charge in [-0.1, -0.05) is 0 Å². The van der Waals surface area contributed by atoms with Gasteiger partial charge in [0.2, 0.25) is 0 Å². The number of nitrogens with two attached hydrogens (primary N) is 1. The summed E-state index contributed by atoms with van der Waals surface area (Å²) >= 11 is 4.66. The summed E-state index contributed by atoms with van der Waals surface area (Å²) in [5, 5.41) is 2.56. The fourth-order valence-electron chi connectivity index (χ4n) is 1.29. The van der Waals surface area contributed by atoms with Crippen molar-refractivity contribution in [3.05, 3.63) is 23.5 Å². The molecular formula is C10H11FN2O3S. The highest BCUT2D eigenvalue weighted by molar-refractivity contribution is 7.80. The number of ether oxygens (including phenoxy) is 2. The first kappa shape index (κ1) is 13.2. The average Bonchev–Trinajstić information content (AvgIpc) is 2.29. The molecule has 1 aromatic carbocycles.